The molecule has 1 heterocycles. The fourth-order valence-corrected chi connectivity index (χ4v) is 4.47. The van der Waals surface area contributed by atoms with Crippen LogP contribution in [0.5, 0.6) is 0 Å². The van der Waals surface area contributed by atoms with Crippen molar-refractivity contribution < 1.29 is 9.59 Å². The van der Waals surface area contributed by atoms with E-state index >= 15 is 0 Å². The second-order valence-corrected chi connectivity index (χ2v) is 8.20. The summed E-state index contributed by atoms with van der Waals surface area (Å²) < 4.78 is 0. The highest BCUT2D eigenvalue weighted by Crippen LogP contribution is 2.39. The van der Waals surface area contributed by atoms with Crippen molar-refractivity contribution in [2.45, 2.75) is 44.7 Å². The number of anilines is 1. The zero-order valence-corrected chi connectivity index (χ0v) is 17.2. The van der Waals surface area contributed by atoms with E-state index in [0.717, 1.165) is 43.2 Å². The van der Waals surface area contributed by atoms with Crippen molar-refractivity contribution in [1.82, 2.24) is 4.90 Å². The molecule has 1 saturated carbocycles. The van der Waals surface area contributed by atoms with Crippen molar-refractivity contribution in [3.8, 4) is 0 Å². The molecule has 2 amide bonds. The summed E-state index contributed by atoms with van der Waals surface area (Å²) in [4.78, 5) is 32.6. The van der Waals surface area contributed by atoms with Crippen LogP contribution in [0.3, 0.4) is 0 Å². The van der Waals surface area contributed by atoms with Gasteiger partial charge in [0.1, 0.15) is 17.9 Å². The number of carbonyl (C=O) groups is 2. The first-order valence-electron chi connectivity index (χ1n) is 10.0. The summed E-state index contributed by atoms with van der Waals surface area (Å²) in [6.45, 7) is 1.90. The Hall–Kier alpha value is -2.66. The van der Waals surface area contributed by atoms with Gasteiger partial charge in [0.2, 0.25) is 5.91 Å². The van der Waals surface area contributed by atoms with Gasteiger partial charge in [0.05, 0.1) is 10.7 Å². The number of nitrogens with zero attached hydrogens (tertiary/aromatic N) is 2. The highest BCUT2D eigenvalue weighted by molar-refractivity contribution is 6.47. The first-order valence-corrected chi connectivity index (χ1v) is 10.4. The van der Waals surface area contributed by atoms with Crippen LogP contribution in [0.25, 0.3) is 0 Å². The summed E-state index contributed by atoms with van der Waals surface area (Å²) >= 11 is 6.25. The van der Waals surface area contributed by atoms with Gasteiger partial charge in [-0.1, -0.05) is 54.4 Å². The summed E-state index contributed by atoms with van der Waals surface area (Å²) in [6, 6.07) is 15.0. The van der Waals surface area contributed by atoms with E-state index in [1.165, 1.54) is 0 Å². The number of hydrogen-bond donors (Lipinski definition) is 1. The van der Waals surface area contributed by atoms with E-state index in [1.807, 2.05) is 43.3 Å². The van der Waals surface area contributed by atoms with E-state index in [-0.39, 0.29) is 18.4 Å². The average Bonchev–Trinajstić information content (AvgIpc) is 2.97. The van der Waals surface area contributed by atoms with Crippen LogP contribution in [-0.2, 0) is 9.59 Å². The Kier molecular flexibility index (Phi) is 5.41. The second kappa shape index (κ2) is 7.99. The lowest BCUT2D eigenvalue weighted by molar-refractivity contribution is -0.134. The Labute approximate surface area is 175 Å². The maximum Gasteiger partial charge on any atom is 0.275 e. The number of amides is 2. The summed E-state index contributed by atoms with van der Waals surface area (Å²) in [5, 5.41) is 3.33. The predicted molar refractivity (Wildman–Crippen MR) is 115 cm³/mol. The van der Waals surface area contributed by atoms with Crippen LogP contribution in [-0.4, -0.2) is 34.6 Å². The van der Waals surface area contributed by atoms with E-state index in [4.69, 9.17) is 16.6 Å². The average molecular weight is 410 g/mol. The second-order valence-electron chi connectivity index (χ2n) is 7.79. The SMILES string of the molecule is Cc1ccc(NC(=O)CN2C(=O)C(c3ccccc3)=NC23CCCCC3)c(Cl)c1. The summed E-state index contributed by atoms with van der Waals surface area (Å²) in [6.07, 6.45) is 4.70. The molecule has 4 rings (SSSR count). The van der Waals surface area contributed by atoms with Gasteiger partial charge in [0.15, 0.2) is 0 Å². The van der Waals surface area contributed by atoms with Gasteiger partial charge < -0.3 is 10.2 Å². The van der Waals surface area contributed by atoms with Crippen LogP contribution in [0.4, 0.5) is 5.69 Å². The van der Waals surface area contributed by atoms with Gasteiger partial charge in [-0.2, -0.15) is 0 Å². The highest BCUT2D eigenvalue weighted by Gasteiger charge is 2.48. The molecule has 29 heavy (non-hydrogen) atoms. The third-order valence-corrected chi connectivity index (χ3v) is 5.98. The minimum Gasteiger partial charge on any atom is -0.323 e. The largest absolute Gasteiger partial charge is 0.323 e. The fraction of sp³-hybridized carbons (Fsp3) is 0.348. The Morgan fingerprint density at radius 3 is 2.55 bits per heavy atom. The van der Waals surface area contributed by atoms with Crippen molar-refractivity contribution >= 4 is 34.8 Å². The molecule has 1 N–H and O–H groups in total. The third kappa shape index (κ3) is 3.92. The first kappa shape index (κ1) is 19.6. The molecule has 1 aliphatic carbocycles. The van der Waals surface area contributed by atoms with Crippen molar-refractivity contribution in [3.63, 3.8) is 0 Å². The predicted octanol–water partition coefficient (Wildman–Crippen LogP) is 4.58. The maximum absolute atomic E-state index is 13.3. The van der Waals surface area contributed by atoms with Crippen molar-refractivity contribution in [2.24, 2.45) is 4.99 Å². The molecule has 6 heteroatoms. The van der Waals surface area contributed by atoms with E-state index in [9.17, 15) is 9.59 Å². The fourth-order valence-electron chi connectivity index (χ4n) is 4.19. The Morgan fingerprint density at radius 2 is 1.86 bits per heavy atom. The topological polar surface area (TPSA) is 61.8 Å². The zero-order chi connectivity index (χ0) is 20.4. The van der Waals surface area contributed by atoms with Crippen molar-refractivity contribution in [1.29, 1.82) is 0 Å². The molecule has 2 aromatic carbocycles. The van der Waals surface area contributed by atoms with Crippen molar-refractivity contribution in [3.05, 3.63) is 64.7 Å². The molecule has 0 unspecified atom stereocenters. The summed E-state index contributed by atoms with van der Waals surface area (Å²) in [5.74, 6) is -0.443. The number of nitrogens with one attached hydrogen (secondary N) is 1. The molecule has 0 bridgehead atoms. The summed E-state index contributed by atoms with van der Waals surface area (Å²) in [7, 11) is 0. The van der Waals surface area contributed by atoms with Gasteiger partial charge in [0, 0.05) is 5.56 Å². The van der Waals surface area contributed by atoms with Gasteiger partial charge in [-0.3, -0.25) is 14.6 Å². The van der Waals surface area contributed by atoms with Gasteiger partial charge >= 0.3 is 0 Å². The molecule has 0 saturated heterocycles. The van der Waals surface area contributed by atoms with Crippen LogP contribution in [0, 0.1) is 6.92 Å². The van der Waals surface area contributed by atoms with E-state index in [0.29, 0.717) is 16.4 Å². The zero-order valence-electron chi connectivity index (χ0n) is 16.5. The lowest BCUT2D eigenvalue weighted by Crippen LogP contribution is -2.51. The molecule has 5 nitrogen and oxygen atoms in total. The lowest BCUT2D eigenvalue weighted by Gasteiger charge is -2.38. The molecule has 2 aromatic rings. The van der Waals surface area contributed by atoms with Gasteiger partial charge in [-0.05, 0) is 50.3 Å². The number of carbonyl (C=O) groups excluding carboxylic acids is 2. The molecule has 0 aromatic heterocycles. The van der Waals surface area contributed by atoms with Crippen LogP contribution >= 0.6 is 11.6 Å². The number of aliphatic imine (C=N–C) groups is 1. The van der Waals surface area contributed by atoms with E-state index in [1.54, 1.807) is 17.0 Å². The smallest absolute Gasteiger partial charge is 0.275 e. The Bertz CT molecular complexity index is 965. The molecule has 2 aliphatic rings. The molecule has 1 spiro atoms. The Morgan fingerprint density at radius 1 is 1.14 bits per heavy atom. The first-order chi connectivity index (χ1) is 14.0. The highest BCUT2D eigenvalue weighted by atomic mass is 35.5. The maximum atomic E-state index is 13.3. The molecular weight excluding hydrogens is 386 g/mol. The quantitative estimate of drug-likeness (QED) is 0.803. The van der Waals surface area contributed by atoms with Crippen molar-refractivity contribution in [2.75, 3.05) is 11.9 Å². The van der Waals surface area contributed by atoms with Gasteiger partial charge in [-0.15, -0.1) is 0 Å². The standard InChI is InChI=1S/C23H24ClN3O2/c1-16-10-11-19(18(24)14-16)25-20(28)15-27-22(29)21(17-8-4-2-5-9-17)26-23(27)12-6-3-7-13-23/h2,4-5,8-11,14H,3,6-7,12-13,15H2,1H3,(H,25,28). The number of hydrogen-bond acceptors (Lipinski definition) is 3. The Balaban J connectivity index is 1.58. The molecule has 0 radical (unpaired) electrons. The molecule has 1 aliphatic heterocycles. The molecular formula is C23H24ClN3O2. The van der Waals surface area contributed by atoms with Crippen LogP contribution in [0.15, 0.2) is 53.5 Å². The molecule has 1 fully saturated rings. The number of halogens is 1. The minimum absolute atomic E-state index is 0.0388. The number of rotatable bonds is 4. The van der Waals surface area contributed by atoms with E-state index < -0.39 is 5.66 Å². The van der Waals surface area contributed by atoms with Crippen LogP contribution in [0.2, 0.25) is 5.02 Å². The minimum atomic E-state index is -0.616. The monoisotopic (exact) mass is 409 g/mol. The normalized spacial score (nSPS) is 18.1. The molecule has 150 valence electrons. The molecule has 0 atom stereocenters. The van der Waals surface area contributed by atoms with Gasteiger partial charge in [-0.25, -0.2) is 0 Å². The summed E-state index contributed by atoms with van der Waals surface area (Å²) in [5.41, 5.74) is 2.20. The van der Waals surface area contributed by atoms with E-state index in [2.05, 4.69) is 5.32 Å². The number of aryl methyl sites for hydroxylation is 1. The van der Waals surface area contributed by atoms with Crippen LogP contribution < -0.4 is 5.32 Å². The number of benzene rings is 2. The lowest BCUT2D eigenvalue weighted by atomic mass is 9.88. The third-order valence-electron chi connectivity index (χ3n) is 5.67. The van der Waals surface area contributed by atoms with Gasteiger partial charge in [0.25, 0.3) is 5.91 Å². The van der Waals surface area contributed by atoms with Crippen LogP contribution in [0.1, 0.15) is 43.2 Å².